The molecule has 0 unspecified atom stereocenters. The van der Waals surface area contributed by atoms with E-state index in [1.807, 2.05) is 0 Å². The quantitative estimate of drug-likeness (QED) is 0.448. The Bertz CT molecular complexity index is 424. The highest BCUT2D eigenvalue weighted by Crippen LogP contribution is 2.33. The molecule has 0 N–H and O–H groups in total. The van der Waals surface area contributed by atoms with Crippen molar-refractivity contribution in [2.45, 2.75) is 52.2 Å². The summed E-state index contributed by atoms with van der Waals surface area (Å²) < 4.78 is 35.0. The zero-order chi connectivity index (χ0) is 19.0. The molecule has 0 bridgehead atoms. The van der Waals surface area contributed by atoms with Crippen LogP contribution in [0.25, 0.3) is 0 Å². The number of rotatable bonds is 9. The predicted molar refractivity (Wildman–Crippen MR) is 101 cm³/mol. The number of allylic oxidation sites excluding steroid dienone is 2. The second kappa shape index (κ2) is 10.3. The van der Waals surface area contributed by atoms with Crippen LogP contribution in [0, 0.1) is 16.7 Å². The Morgan fingerprint density at radius 3 is 1.78 bits per heavy atom. The molecule has 0 aromatic heterocycles. The molecule has 0 amide bonds. The van der Waals surface area contributed by atoms with Gasteiger partial charge in [0.25, 0.3) is 0 Å². The summed E-state index contributed by atoms with van der Waals surface area (Å²) in [6.07, 6.45) is 9.40. The molecule has 156 valence electrons. The molecule has 0 spiro atoms. The van der Waals surface area contributed by atoms with Crippen LogP contribution >= 0.6 is 0 Å². The summed E-state index contributed by atoms with van der Waals surface area (Å²) in [5.74, 6) is 0.383. The zero-order valence-electron chi connectivity index (χ0n) is 17.0. The molecule has 3 aliphatic rings. The van der Waals surface area contributed by atoms with Crippen LogP contribution in [0.1, 0.15) is 46.0 Å². The average Bonchev–Trinajstić information content (AvgIpc) is 2.75. The molecule has 2 aliphatic heterocycles. The van der Waals surface area contributed by atoms with Crippen LogP contribution in [0.3, 0.4) is 0 Å². The first kappa shape index (κ1) is 21.2. The van der Waals surface area contributed by atoms with Crippen LogP contribution in [-0.2, 0) is 28.4 Å². The Morgan fingerprint density at radius 1 is 0.852 bits per heavy atom. The van der Waals surface area contributed by atoms with Crippen LogP contribution < -0.4 is 0 Å². The third-order valence-electron chi connectivity index (χ3n) is 6.27. The van der Waals surface area contributed by atoms with E-state index in [1.54, 1.807) is 0 Å². The smallest absolute Gasteiger partial charge is 0.160 e. The normalized spacial score (nSPS) is 27.7. The van der Waals surface area contributed by atoms with Gasteiger partial charge in [-0.25, -0.2) is 0 Å². The topological polar surface area (TPSA) is 55.4 Å². The fourth-order valence-corrected chi connectivity index (χ4v) is 3.92. The van der Waals surface area contributed by atoms with Gasteiger partial charge in [-0.2, -0.15) is 0 Å². The molecule has 6 nitrogen and oxygen atoms in total. The summed E-state index contributed by atoms with van der Waals surface area (Å²) in [7, 11) is 0. The summed E-state index contributed by atoms with van der Waals surface area (Å²) in [4.78, 5) is 0. The second-order valence-corrected chi connectivity index (χ2v) is 8.37. The van der Waals surface area contributed by atoms with Gasteiger partial charge in [0.15, 0.2) is 6.29 Å². The van der Waals surface area contributed by atoms with Gasteiger partial charge in [-0.1, -0.05) is 26.0 Å². The van der Waals surface area contributed by atoms with E-state index in [1.165, 1.54) is 0 Å². The molecule has 2 heterocycles. The van der Waals surface area contributed by atoms with Crippen LogP contribution in [0.2, 0.25) is 0 Å². The molecule has 2 saturated heterocycles. The largest absolute Gasteiger partial charge is 0.355 e. The van der Waals surface area contributed by atoms with Crippen molar-refractivity contribution in [3.05, 3.63) is 12.2 Å². The molecule has 0 aromatic rings. The van der Waals surface area contributed by atoms with Crippen LogP contribution in [-0.4, -0.2) is 59.5 Å². The van der Waals surface area contributed by atoms with Crippen molar-refractivity contribution >= 4 is 0 Å². The zero-order valence-corrected chi connectivity index (χ0v) is 17.0. The molecule has 0 radical (unpaired) electrons. The maximum absolute atomic E-state index is 6.40. The highest BCUT2D eigenvalue weighted by molar-refractivity contribution is 4.92. The van der Waals surface area contributed by atoms with E-state index in [9.17, 15) is 0 Å². The molecule has 6 heteroatoms. The molecule has 27 heavy (non-hydrogen) atoms. The number of hydrogen-bond acceptors (Lipinski definition) is 6. The van der Waals surface area contributed by atoms with Crippen LogP contribution in [0.4, 0.5) is 0 Å². The van der Waals surface area contributed by atoms with E-state index >= 15 is 0 Å². The lowest BCUT2D eigenvalue weighted by Gasteiger charge is -2.40. The van der Waals surface area contributed by atoms with Gasteiger partial charge < -0.3 is 28.4 Å². The van der Waals surface area contributed by atoms with Gasteiger partial charge >= 0.3 is 0 Å². The first-order valence-electron chi connectivity index (χ1n) is 10.4. The summed E-state index contributed by atoms with van der Waals surface area (Å²) in [6.45, 7) is 9.03. The lowest BCUT2D eigenvalue weighted by Crippen LogP contribution is -2.45. The van der Waals surface area contributed by atoms with Gasteiger partial charge in [0, 0.05) is 16.7 Å². The highest BCUT2D eigenvalue weighted by atomic mass is 16.7. The summed E-state index contributed by atoms with van der Waals surface area (Å²) in [5.41, 5.74) is -0.159. The average molecular weight is 385 g/mol. The van der Waals surface area contributed by atoms with E-state index < -0.39 is 0 Å². The standard InChI is InChI=1S/C21H36O6/c1-3-20(10-22-16-23-11-20)14-26-19(18-8-6-5-7-9-18)27-15-21(4-2)12-24-17-25-13-21/h5-6,18-19H,3-4,7-17H2,1-2H3/t18-/m0/s1. The second-order valence-electron chi connectivity index (χ2n) is 8.37. The Kier molecular flexibility index (Phi) is 8.11. The van der Waals surface area contributed by atoms with Gasteiger partial charge in [0.05, 0.1) is 39.6 Å². The lowest BCUT2D eigenvalue weighted by molar-refractivity contribution is -0.249. The molecular formula is C21H36O6. The number of hydrogen-bond donors (Lipinski definition) is 0. The fourth-order valence-electron chi connectivity index (χ4n) is 3.92. The van der Waals surface area contributed by atoms with Crippen LogP contribution in [0.15, 0.2) is 12.2 Å². The Labute approximate surface area is 163 Å². The van der Waals surface area contributed by atoms with E-state index in [2.05, 4.69) is 26.0 Å². The van der Waals surface area contributed by atoms with Gasteiger partial charge in [-0.3, -0.25) is 0 Å². The molecule has 1 atom stereocenters. The summed E-state index contributed by atoms with van der Waals surface area (Å²) >= 11 is 0. The van der Waals surface area contributed by atoms with Crippen LogP contribution in [0.5, 0.6) is 0 Å². The maximum atomic E-state index is 6.40. The monoisotopic (exact) mass is 384 g/mol. The lowest BCUT2D eigenvalue weighted by atomic mass is 9.87. The van der Waals surface area contributed by atoms with E-state index in [0.717, 1.165) is 32.1 Å². The molecule has 0 saturated carbocycles. The number of ether oxygens (including phenoxy) is 6. The van der Waals surface area contributed by atoms with Gasteiger partial charge in [-0.15, -0.1) is 0 Å². The van der Waals surface area contributed by atoms with E-state index in [0.29, 0.717) is 59.1 Å². The van der Waals surface area contributed by atoms with Crippen molar-refractivity contribution in [1.29, 1.82) is 0 Å². The van der Waals surface area contributed by atoms with E-state index in [4.69, 9.17) is 28.4 Å². The first-order chi connectivity index (χ1) is 13.2. The van der Waals surface area contributed by atoms with Crippen molar-refractivity contribution in [1.82, 2.24) is 0 Å². The minimum absolute atomic E-state index is 0.0795. The molecular weight excluding hydrogens is 348 g/mol. The van der Waals surface area contributed by atoms with Gasteiger partial charge in [-0.05, 0) is 32.1 Å². The Morgan fingerprint density at radius 2 is 1.37 bits per heavy atom. The molecule has 3 rings (SSSR count). The van der Waals surface area contributed by atoms with Crippen molar-refractivity contribution in [2.75, 3.05) is 53.2 Å². The maximum Gasteiger partial charge on any atom is 0.160 e. The minimum atomic E-state index is -0.217. The SMILES string of the molecule is CCC1(COC(OCC2(CC)COCOC2)[C@H]2CC=CCC2)COCOC1. The van der Waals surface area contributed by atoms with Crippen molar-refractivity contribution in [3.8, 4) is 0 Å². The fraction of sp³-hybridized carbons (Fsp3) is 0.905. The third kappa shape index (κ3) is 5.75. The molecule has 2 fully saturated rings. The Balaban J connectivity index is 1.60. The highest BCUT2D eigenvalue weighted by Gasteiger charge is 2.37. The minimum Gasteiger partial charge on any atom is -0.355 e. The summed E-state index contributed by atoms with van der Waals surface area (Å²) in [5, 5.41) is 0. The van der Waals surface area contributed by atoms with Crippen molar-refractivity contribution in [3.63, 3.8) is 0 Å². The molecule has 1 aliphatic carbocycles. The molecule has 0 aromatic carbocycles. The first-order valence-corrected chi connectivity index (χ1v) is 10.4. The van der Waals surface area contributed by atoms with Crippen molar-refractivity contribution in [2.24, 2.45) is 16.7 Å². The predicted octanol–water partition coefficient (Wildman–Crippen LogP) is 3.50. The van der Waals surface area contributed by atoms with Gasteiger partial charge in [0.1, 0.15) is 13.6 Å². The van der Waals surface area contributed by atoms with Crippen molar-refractivity contribution < 1.29 is 28.4 Å². The summed E-state index contributed by atoms with van der Waals surface area (Å²) in [6, 6.07) is 0. The van der Waals surface area contributed by atoms with Gasteiger partial charge in [0.2, 0.25) is 0 Å². The Hall–Kier alpha value is -0.500. The van der Waals surface area contributed by atoms with E-state index in [-0.39, 0.29) is 17.1 Å². The third-order valence-corrected chi connectivity index (χ3v) is 6.27.